The average Bonchev–Trinajstić information content (AvgIpc) is 2.86. The zero-order valence-electron chi connectivity index (χ0n) is 10.0. The topological polar surface area (TPSA) is 27.1 Å². The molecule has 0 N–H and O–H groups in total. The van der Waals surface area contributed by atoms with Gasteiger partial charge in [-0.25, -0.2) is 0 Å². The molecule has 1 fully saturated rings. The molecule has 2 heterocycles. The van der Waals surface area contributed by atoms with E-state index < -0.39 is 0 Å². The van der Waals surface area contributed by atoms with Crippen LogP contribution in [0.4, 0.5) is 0 Å². The van der Waals surface area contributed by atoms with Gasteiger partial charge in [0.25, 0.3) is 0 Å². The van der Waals surface area contributed by atoms with Crippen molar-refractivity contribution in [3.8, 4) is 0 Å². The summed E-state index contributed by atoms with van der Waals surface area (Å²) in [5, 5.41) is 5.51. The first-order chi connectivity index (χ1) is 7.69. The van der Waals surface area contributed by atoms with Gasteiger partial charge in [0.05, 0.1) is 12.3 Å². The van der Waals surface area contributed by atoms with Crippen molar-refractivity contribution in [3.05, 3.63) is 17.5 Å². The van der Waals surface area contributed by atoms with E-state index in [0.29, 0.717) is 0 Å². The van der Waals surface area contributed by atoms with Crippen molar-refractivity contribution in [2.45, 2.75) is 33.2 Å². The normalized spacial score (nSPS) is 25.2. The predicted molar refractivity (Wildman–Crippen MR) is 68.0 cm³/mol. The van der Waals surface area contributed by atoms with Crippen LogP contribution in [-0.2, 0) is 17.7 Å². The third-order valence-corrected chi connectivity index (χ3v) is 4.50. The molecule has 0 aliphatic carbocycles. The monoisotopic (exact) mass is 286 g/mol. The van der Waals surface area contributed by atoms with E-state index in [2.05, 4.69) is 45.6 Å². The molecule has 0 amide bonds. The first-order valence-corrected chi connectivity index (χ1v) is 6.98. The molecule has 1 aliphatic rings. The minimum absolute atomic E-state index is 0.277. The van der Waals surface area contributed by atoms with E-state index in [0.717, 1.165) is 43.6 Å². The molecule has 1 unspecified atom stereocenters. The summed E-state index contributed by atoms with van der Waals surface area (Å²) in [5.74, 6) is 0. The van der Waals surface area contributed by atoms with Crippen LogP contribution in [0.25, 0.3) is 0 Å². The Hall–Kier alpha value is -0.350. The molecule has 1 aromatic rings. The van der Waals surface area contributed by atoms with Gasteiger partial charge in [-0.3, -0.25) is 4.68 Å². The number of nitrogens with zero attached hydrogens (tertiary/aromatic N) is 2. The Morgan fingerprint density at radius 2 is 2.44 bits per heavy atom. The Labute approximate surface area is 105 Å². The molecule has 4 heteroatoms. The van der Waals surface area contributed by atoms with Crippen molar-refractivity contribution in [1.29, 1.82) is 0 Å². The minimum Gasteiger partial charge on any atom is -0.381 e. The summed E-state index contributed by atoms with van der Waals surface area (Å²) in [6.07, 6.45) is 2.21. The lowest BCUT2D eigenvalue weighted by Gasteiger charge is -2.24. The summed E-state index contributed by atoms with van der Waals surface area (Å²) in [5.41, 5.74) is 2.73. The van der Waals surface area contributed by atoms with Crippen LogP contribution < -0.4 is 0 Å². The minimum atomic E-state index is 0.277. The molecule has 1 aromatic heterocycles. The highest BCUT2D eigenvalue weighted by Crippen LogP contribution is 2.34. The van der Waals surface area contributed by atoms with E-state index >= 15 is 0 Å². The van der Waals surface area contributed by atoms with Gasteiger partial charge in [0, 0.05) is 29.6 Å². The molecular weight excluding hydrogens is 268 g/mol. The SMILES string of the molecule is CCn1nc(C)cc1CC1(CBr)CCOC1. The first-order valence-electron chi connectivity index (χ1n) is 5.86. The van der Waals surface area contributed by atoms with E-state index in [9.17, 15) is 0 Å². The number of alkyl halides is 1. The van der Waals surface area contributed by atoms with Crippen LogP contribution in [-0.4, -0.2) is 28.3 Å². The Morgan fingerprint density at radius 1 is 1.62 bits per heavy atom. The van der Waals surface area contributed by atoms with Crippen LogP contribution in [0, 0.1) is 12.3 Å². The van der Waals surface area contributed by atoms with Gasteiger partial charge in [-0.05, 0) is 32.8 Å². The summed E-state index contributed by atoms with van der Waals surface area (Å²) >= 11 is 3.63. The number of hydrogen-bond donors (Lipinski definition) is 0. The standard InChI is InChI=1S/C12H19BrN2O/c1-3-15-11(6-10(2)14-15)7-12(8-13)4-5-16-9-12/h6H,3-5,7-9H2,1-2H3. The van der Waals surface area contributed by atoms with Gasteiger partial charge in [-0.2, -0.15) is 5.10 Å². The fraction of sp³-hybridized carbons (Fsp3) is 0.750. The van der Waals surface area contributed by atoms with Crippen molar-refractivity contribution in [2.75, 3.05) is 18.5 Å². The second-order valence-electron chi connectivity index (χ2n) is 4.71. The van der Waals surface area contributed by atoms with Crippen LogP contribution in [0.15, 0.2) is 6.07 Å². The highest BCUT2D eigenvalue weighted by Gasteiger charge is 2.35. The highest BCUT2D eigenvalue weighted by molar-refractivity contribution is 9.09. The fourth-order valence-corrected chi connectivity index (χ4v) is 2.98. The number of rotatable bonds is 4. The van der Waals surface area contributed by atoms with Crippen LogP contribution in [0.3, 0.4) is 0 Å². The second kappa shape index (κ2) is 4.88. The number of ether oxygens (including phenoxy) is 1. The van der Waals surface area contributed by atoms with Gasteiger partial charge >= 0.3 is 0 Å². The Morgan fingerprint density at radius 3 is 3.00 bits per heavy atom. The maximum atomic E-state index is 5.54. The molecule has 0 bridgehead atoms. The van der Waals surface area contributed by atoms with Gasteiger partial charge in [0.15, 0.2) is 0 Å². The number of aromatic nitrogens is 2. The summed E-state index contributed by atoms with van der Waals surface area (Å²) in [6, 6.07) is 2.20. The lowest BCUT2D eigenvalue weighted by Crippen LogP contribution is -2.27. The van der Waals surface area contributed by atoms with E-state index in [4.69, 9.17) is 4.74 Å². The van der Waals surface area contributed by atoms with Crippen LogP contribution >= 0.6 is 15.9 Å². The van der Waals surface area contributed by atoms with Crippen molar-refractivity contribution in [2.24, 2.45) is 5.41 Å². The smallest absolute Gasteiger partial charge is 0.0596 e. The molecule has 1 aliphatic heterocycles. The fourth-order valence-electron chi connectivity index (χ4n) is 2.34. The molecule has 1 atom stereocenters. The molecule has 16 heavy (non-hydrogen) atoms. The maximum absolute atomic E-state index is 5.54. The van der Waals surface area contributed by atoms with E-state index in [1.807, 2.05) is 0 Å². The molecule has 0 saturated carbocycles. The number of hydrogen-bond acceptors (Lipinski definition) is 2. The lowest BCUT2D eigenvalue weighted by atomic mass is 9.85. The Balaban J connectivity index is 2.18. The van der Waals surface area contributed by atoms with Crippen LogP contribution in [0.5, 0.6) is 0 Å². The van der Waals surface area contributed by atoms with Gasteiger partial charge in [-0.15, -0.1) is 0 Å². The van der Waals surface area contributed by atoms with Crippen molar-refractivity contribution in [1.82, 2.24) is 9.78 Å². The molecule has 1 saturated heterocycles. The molecule has 90 valence electrons. The van der Waals surface area contributed by atoms with Crippen LogP contribution in [0.1, 0.15) is 24.7 Å². The molecule has 0 spiro atoms. The lowest BCUT2D eigenvalue weighted by molar-refractivity contribution is 0.161. The number of aryl methyl sites for hydroxylation is 2. The Bertz CT molecular complexity index is 356. The van der Waals surface area contributed by atoms with Gasteiger partial charge in [0.1, 0.15) is 0 Å². The Kier molecular flexibility index (Phi) is 3.70. The zero-order chi connectivity index (χ0) is 11.6. The van der Waals surface area contributed by atoms with E-state index in [-0.39, 0.29) is 5.41 Å². The molecule has 0 radical (unpaired) electrons. The third-order valence-electron chi connectivity index (χ3n) is 3.31. The summed E-state index contributed by atoms with van der Waals surface area (Å²) in [7, 11) is 0. The summed E-state index contributed by atoms with van der Waals surface area (Å²) in [6.45, 7) is 6.91. The van der Waals surface area contributed by atoms with E-state index in [1.54, 1.807) is 0 Å². The average molecular weight is 287 g/mol. The number of halogens is 1. The molecule has 3 nitrogen and oxygen atoms in total. The maximum Gasteiger partial charge on any atom is 0.0596 e. The van der Waals surface area contributed by atoms with E-state index in [1.165, 1.54) is 5.69 Å². The van der Waals surface area contributed by atoms with Crippen molar-refractivity contribution in [3.63, 3.8) is 0 Å². The first kappa shape index (κ1) is 12.1. The van der Waals surface area contributed by atoms with Crippen LogP contribution in [0.2, 0.25) is 0 Å². The predicted octanol–water partition coefficient (Wildman–Crippen LogP) is 2.56. The van der Waals surface area contributed by atoms with Crippen molar-refractivity contribution >= 4 is 15.9 Å². The second-order valence-corrected chi connectivity index (χ2v) is 5.27. The van der Waals surface area contributed by atoms with Gasteiger partial charge < -0.3 is 4.74 Å². The largest absolute Gasteiger partial charge is 0.381 e. The molecule has 2 rings (SSSR count). The third kappa shape index (κ3) is 2.33. The van der Waals surface area contributed by atoms with Crippen molar-refractivity contribution < 1.29 is 4.74 Å². The highest BCUT2D eigenvalue weighted by atomic mass is 79.9. The quantitative estimate of drug-likeness (QED) is 0.796. The molecule has 0 aromatic carbocycles. The summed E-state index contributed by atoms with van der Waals surface area (Å²) in [4.78, 5) is 0. The summed E-state index contributed by atoms with van der Waals surface area (Å²) < 4.78 is 7.65. The zero-order valence-corrected chi connectivity index (χ0v) is 11.6. The van der Waals surface area contributed by atoms with Gasteiger partial charge in [-0.1, -0.05) is 15.9 Å². The molecular formula is C12H19BrN2O. The van der Waals surface area contributed by atoms with Gasteiger partial charge in [0.2, 0.25) is 0 Å².